The molecule has 0 aliphatic carbocycles. The summed E-state index contributed by atoms with van der Waals surface area (Å²) in [6, 6.07) is 0. The summed E-state index contributed by atoms with van der Waals surface area (Å²) in [5.74, 6) is 1.24. The van der Waals surface area contributed by atoms with Crippen molar-refractivity contribution in [3.8, 4) is 0 Å². The van der Waals surface area contributed by atoms with Crippen molar-refractivity contribution in [1.29, 1.82) is 0 Å². The Balaban J connectivity index is 1.48. The van der Waals surface area contributed by atoms with Gasteiger partial charge in [-0.3, -0.25) is 4.90 Å². The van der Waals surface area contributed by atoms with Gasteiger partial charge in [0.15, 0.2) is 0 Å². The molecular weight excluding hydrogens is 218 g/mol. The fraction of sp³-hybridized carbons (Fsp3) is 0.833. The lowest BCUT2D eigenvalue weighted by Crippen LogP contribution is -2.36. The number of piperidine rings is 1. The monoisotopic (exact) mass is 237 g/mol. The molecule has 3 rings (SSSR count). The third kappa shape index (κ3) is 2.35. The summed E-state index contributed by atoms with van der Waals surface area (Å²) in [5, 5.41) is 7.75. The second-order valence-corrected chi connectivity index (χ2v) is 4.94. The van der Waals surface area contributed by atoms with Crippen LogP contribution in [0.4, 0.5) is 0 Å². The maximum atomic E-state index is 5.70. The van der Waals surface area contributed by atoms with Crippen LogP contribution in [0.5, 0.6) is 0 Å². The Morgan fingerprint density at radius 1 is 1.41 bits per heavy atom. The second kappa shape index (κ2) is 4.74. The smallest absolute Gasteiger partial charge is 0.219 e. The molecule has 0 radical (unpaired) electrons. The normalized spacial score (nSPS) is 30.6. The lowest BCUT2D eigenvalue weighted by molar-refractivity contribution is 0.133. The van der Waals surface area contributed by atoms with E-state index in [4.69, 9.17) is 9.15 Å². The molecule has 2 aliphatic rings. The van der Waals surface area contributed by atoms with E-state index in [9.17, 15) is 0 Å². The first kappa shape index (κ1) is 11.2. The van der Waals surface area contributed by atoms with Crippen LogP contribution in [-0.4, -0.2) is 40.5 Å². The van der Waals surface area contributed by atoms with Crippen molar-refractivity contribution in [2.75, 3.05) is 13.1 Å². The van der Waals surface area contributed by atoms with Crippen LogP contribution in [0.1, 0.15) is 44.4 Å². The number of hydrogen-bond acceptors (Lipinski definition) is 5. The van der Waals surface area contributed by atoms with Gasteiger partial charge in [-0.15, -0.1) is 10.2 Å². The van der Waals surface area contributed by atoms with Crippen LogP contribution in [0.25, 0.3) is 0 Å². The molecule has 2 unspecified atom stereocenters. The summed E-state index contributed by atoms with van der Waals surface area (Å²) in [4.78, 5) is 2.45. The van der Waals surface area contributed by atoms with E-state index in [1.54, 1.807) is 0 Å². The maximum Gasteiger partial charge on any atom is 0.219 e. The van der Waals surface area contributed by atoms with E-state index in [0.29, 0.717) is 18.2 Å². The first-order valence-electron chi connectivity index (χ1n) is 6.54. The molecule has 17 heavy (non-hydrogen) atoms. The SMILES string of the molecule is CCCC1OC1N1CCC(c2nnco2)CC1. The summed E-state index contributed by atoms with van der Waals surface area (Å²) in [5.41, 5.74) is 0. The lowest BCUT2D eigenvalue weighted by atomic mass is 9.96. The third-order valence-corrected chi connectivity index (χ3v) is 3.74. The Morgan fingerprint density at radius 2 is 2.24 bits per heavy atom. The van der Waals surface area contributed by atoms with Gasteiger partial charge in [0.25, 0.3) is 0 Å². The average Bonchev–Trinajstić information content (AvgIpc) is 2.92. The van der Waals surface area contributed by atoms with E-state index >= 15 is 0 Å². The minimum atomic E-state index is 0.388. The molecule has 2 fully saturated rings. The number of nitrogens with zero attached hydrogens (tertiary/aromatic N) is 3. The molecule has 5 heteroatoms. The lowest BCUT2D eigenvalue weighted by Gasteiger charge is -2.29. The highest BCUT2D eigenvalue weighted by molar-refractivity contribution is 4.95. The van der Waals surface area contributed by atoms with Crippen LogP contribution in [0, 0.1) is 0 Å². The van der Waals surface area contributed by atoms with E-state index in [1.807, 2.05) is 0 Å². The molecule has 1 aromatic heterocycles. The molecule has 0 N–H and O–H groups in total. The van der Waals surface area contributed by atoms with Crippen molar-refractivity contribution in [3.05, 3.63) is 12.3 Å². The summed E-state index contributed by atoms with van der Waals surface area (Å²) in [6.45, 7) is 4.37. The molecule has 2 saturated heterocycles. The number of likely N-dealkylation sites (tertiary alicyclic amines) is 1. The highest BCUT2D eigenvalue weighted by Gasteiger charge is 2.43. The first-order valence-corrected chi connectivity index (χ1v) is 6.54. The summed E-state index contributed by atoms with van der Waals surface area (Å²) in [7, 11) is 0. The minimum absolute atomic E-state index is 0.388. The molecular formula is C12H19N3O2. The van der Waals surface area contributed by atoms with Gasteiger partial charge in [-0.2, -0.15) is 0 Å². The molecule has 0 bridgehead atoms. The maximum absolute atomic E-state index is 5.70. The van der Waals surface area contributed by atoms with Crippen molar-refractivity contribution < 1.29 is 9.15 Å². The van der Waals surface area contributed by atoms with E-state index in [1.165, 1.54) is 19.2 Å². The van der Waals surface area contributed by atoms with Crippen molar-refractivity contribution >= 4 is 0 Å². The van der Waals surface area contributed by atoms with Gasteiger partial charge in [0.1, 0.15) is 6.23 Å². The fourth-order valence-corrected chi connectivity index (χ4v) is 2.71. The molecule has 2 aliphatic heterocycles. The van der Waals surface area contributed by atoms with Crippen LogP contribution in [0.3, 0.4) is 0 Å². The van der Waals surface area contributed by atoms with Crippen LogP contribution in [0.2, 0.25) is 0 Å². The zero-order valence-corrected chi connectivity index (χ0v) is 10.2. The highest BCUT2D eigenvalue weighted by atomic mass is 16.6. The van der Waals surface area contributed by atoms with E-state index in [-0.39, 0.29) is 0 Å². The molecule has 5 nitrogen and oxygen atoms in total. The van der Waals surface area contributed by atoms with Gasteiger partial charge in [-0.05, 0) is 19.3 Å². The first-order chi connectivity index (χ1) is 8.38. The zero-order valence-electron chi connectivity index (χ0n) is 10.2. The second-order valence-electron chi connectivity index (χ2n) is 4.94. The van der Waals surface area contributed by atoms with E-state index < -0.39 is 0 Å². The molecule has 0 spiro atoms. The van der Waals surface area contributed by atoms with Crippen molar-refractivity contribution in [2.45, 2.75) is 50.9 Å². The van der Waals surface area contributed by atoms with Crippen molar-refractivity contribution in [2.24, 2.45) is 0 Å². The van der Waals surface area contributed by atoms with E-state index in [2.05, 4.69) is 22.0 Å². The average molecular weight is 237 g/mol. The largest absolute Gasteiger partial charge is 0.428 e. The van der Waals surface area contributed by atoms with Crippen molar-refractivity contribution in [3.63, 3.8) is 0 Å². The van der Waals surface area contributed by atoms with Gasteiger partial charge in [0.2, 0.25) is 12.3 Å². The Bertz CT molecular complexity index is 347. The standard InChI is InChI=1S/C12H19N3O2/c1-2-3-10-12(17-10)15-6-4-9(5-7-15)11-14-13-8-16-11/h8-10,12H,2-7H2,1H3. The Labute approximate surface area is 101 Å². The quantitative estimate of drug-likeness (QED) is 0.747. The van der Waals surface area contributed by atoms with Gasteiger partial charge >= 0.3 is 0 Å². The third-order valence-electron chi connectivity index (χ3n) is 3.74. The van der Waals surface area contributed by atoms with Crippen LogP contribution in [0.15, 0.2) is 10.8 Å². The minimum Gasteiger partial charge on any atom is -0.428 e. The van der Waals surface area contributed by atoms with Crippen LogP contribution in [-0.2, 0) is 4.74 Å². The predicted octanol–water partition coefficient (Wildman–Crippen LogP) is 1.77. The summed E-state index contributed by atoms with van der Waals surface area (Å²) < 4.78 is 11.0. The number of hydrogen-bond donors (Lipinski definition) is 0. The number of epoxide rings is 1. The topological polar surface area (TPSA) is 54.7 Å². The van der Waals surface area contributed by atoms with Gasteiger partial charge in [-0.1, -0.05) is 13.3 Å². The highest BCUT2D eigenvalue weighted by Crippen LogP contribution is 2.35. The Kier molecular flexibility index (Phi) is 3.11. The molecule has 94 valence electrons. The Morgan fingerprint density at radius 3 is 2.88 bits per heavy atom. The molecule has 0 saturated carbocycles. The van der Waals surface area contributed by atoms with Gasteiger partial charge < -0.3 is 9.15 Å². The molecule has 1 aromatic rings. The fourth-order valence-electron chi connectivity index (χ4n) is 2.71. The van der Waals surface area contributed by atoms with Gasteiger partial charge in [0.05, 0.1) is 6.10 Å². The van der Waals surface area contributed by atoms with E-state index in [0.717, 1.165) is 31.8 Å². The molecule has 2 atom stereocenters. The molecule has 3 heterocycles. The summed E-state index contributed by atoms with van der Waals surface area (Å²) >= 11 is 0. The zero-order chi connectivity index (χ0) is 11.7. The van der Waals surface area contributed by atoms with Crippen LogP contribution < -0.4 is 0 Å². The predicted molar refractivity (Wildman–Crippen MR) is 61.4 cm³/mol. The number of ether oxygens (including phenoxy) is 1. The summed E-state index contributed by atoms with van der Waals surface area (Å²) in [6.07, 6.45) is 6.89. The molecule has 0 aromatic carbocycles. The van der Waals surface area contributed by atoms with Crippen molar-refractivity contribution in [1.82, 2.24) is 15.1 Å². The molecule has 0 amide bonds. The number of rotatable bonds is 4. The Hall–Kier alpha value is -0.940. The number of aromatic nitrogens is 2. The van der Waals surface area contributed by atoms with Gasteiger partial charge in [0, 0.05) is 19.0 Å². The van der Waals surface area contributed by atoms with Gasteiger partial charge in [-0.25, -0.2) is 0 Å². The van der Waals surface area contributed by atoms with Crippen LogP contribution >= 0.6 is 0 Å².